The summed E-state index contributed by atoms with van der Waals surface area (Å²) in [6.07, 6.45) is 0.173. The van der Waals surface area contributed by atoms with E-state index in [2.05, 4.69) is 20.7 Å². The van der Waals surface area contributed by atoms with Gasteiger partial charge in [-0.2, -0.15) is 0 Å². The van der Waals surface area contributed by atoms with Crippen LogP contribution >= 0.6 is 27.3 Å². The Morgan fingerprint density at radius 3 is 2.45 bits per heavy atom. The molecule has 1 aromatic heterocycles. The molecule has 0 aliphatic heterocycles. The molecule has 0 saturated heterocycles. The van der Waals surface area contributed by atoms with Crippen LogP contribution in [-0.2, 0) is 14.8 Å². The van der Waals surface area contributed by atoms with E-state index in [1.54, 1.807) is 11.0 Å². The van der Waals surface area contributed by atoms with Crippen molar-refractivity contribution in [2.45, 2.75) is 31.4 Å². The molecule has 0 atom stereocenters. The minimum absolute atomic E-state index is 0.0405. The topological polar surface area (TPSA) is 66.5 Å². The molecule has 0 unspecified atom stereocenters. The summed E-state index contributed by atoms with van der Waals surface area (Å²) in [6.45, 7) is 7.03. The first-order valence-electron chi connectivity index (χ1n) is 6.35. The van der Waals surface area contributed by atoms with Crippen molar-refractivity contribution in [3.8, 4) is 0 Å². The van der Waals surface area contributed by atoms with Crippen LogP contribution in [0.5, 0.6) is 0 Å². The van der Waals surface area contributed by atoms with Crippen molar-refractivity contribution in [2.24, 2.45) is 0 Å². The Balaban J connectivity index is 2.59. The summed E-state index contributed by atoms with van der Waals surface area (Å²) in [7, 11) is -3.53. The van der Waals surface area contributed by atoms with Crippen molar-refractivity contribution >= 4 is 43.2 Å². The summed E-state index contributed by atoms with van der Waals surface area (Å²) in [5.41, 5.74) is 0.884. The van der Waals surface area contributed by atoms with Crippen LogP contribution in [0.4, 0.5) is 0 Å². The maximum atomic E-state index is 12.0. The lowest BCUT2D eigenvalue weighted by Gasteiger charge is -2.18. The normalized spacial score (nSPS) is 11.6. The van der Waals surface area contributed by atoms with Crippen LogP contribution < -0.4 is 4.72 Å². The molecule has 0 bridgehead atoms. The summed E-state index contributed by atoms with van der Waals surface area (Å²) in [5.74, 6) is -0.0405. The van der Waals surface area contributed by atoms with Gasteiger partial charge in [0.2, 0.25) is 15.9 Å². The van der Waals surface area contributed by atoms with Gasteiger partial charge in [-0.25, -0.2) is 13.1 Å². The lowest BCUT2D eigenvalue weighted by Crippen LogP contribution is -2.34. The average Bonchev–Trinajstić information content (AvgIpc) is 2.72. The van der Waals surface area contributed by atoms with E-state index in [0.717, 1.165) is 9.35 Å². The van der Waals surface area contributed by atoms with Crippen LogP contribution in [0.25, 0.3) is 0 Å². The highest BCUT2D eigenvalue weighted by Crippen LogP contribution is 2.30. The number of hydrogen-bond donors (Lipinski definition) is 1. The summed E-state index contributed by atoms with van der Waals surface area (Å²) in [5, 5.41) is 0. The molecule has 1 N–H and O–H groups in total. The second-order valence-corrected chi connectivity index (χ2v) is 8.60. The molecule has 1 rings (SSSR count). The maximum absolute atomic E-state index is 12.0. The third kappa shape index (κ3) is 4.54. The van der Waals surface area contributed by atoms with E-state index >= 15 is 0 Å². The van der Waals surface area contributed by atoms with Gasteiger partial charge in [-0.05, 0) is 48.3 Å². The maximum Gasteiger partial charge on any atom is 0.250 e. The van der Waals surface area contributed by atoms with Crippen LogP contribution in [-0.4, -0.2) is 38.9 Å². The van der Waals surface area contributed by atoms with E-state index in [-0.39, 0.29) is 23.1 Å². The van der Waals surface area contributed by atoms with Gasteiger partial charge in [0.05, 0.1) is 3.79 Å². The lowest BCUT2D eigenvalue weighted by atomic mass is 10.3. The number of nitrogens with one attached hydrogen (secondary N) is 1. The molecule has 1 aromatic rings. The van der Waals surface area contributed by atoms with Crippen molar-refractivity contribution in [3.63, 3.8) is 0 Å². The number of amides is 1. The first-order valence-corrected chi connectivity index (χ1v) is 9.44. The standard InChI is InChI=1S/C12H19BrN2O3S2/c1-4-15(5-2)10(16)6-7-14-20(17,18)11-8-9(3)12(13)19-11/h8,14H,4-7H2,1-3H3. The first-order chi connectivity index (χ1) is 9.31. The number of hydrogen-bond acceptors (Lipinski definition) is 4. The molecule has 0 aliphatic carbocycles. The van der Waals surface area contributed by atoms with E-state index in [4.69, 9.17) is 0 Å². The highest BCUT2D eigenvalue weighted by Gasteiger charge is 2.18. The monoisotopic (exact) mass is 382 g/mol. The Morgan fingerprint density at radius 1 is 1.40 bits per heavy atom. The van der Waals surface area contributed by atoms with Crippen molar-refractivity contribution in [2.75, 3.05) is 19.6 Å². The Hall–Kier alpha value is -0.440. The van der Waals surface area contributed by atoms with E-state index < -0.39 is 10.0 Å². The second-order valence-electron chi connectivity index (χ2n) is 4.24. The Labute approximate surface area is 132 Å². The van der Waals surface area contributed by atoms with Gasteiger partial charge in [0.15, 0.2) is 0 Å². The SMILES string of the molecule is CCN(CC)C(=O)CCNS(=O)(=O)c1cc(C)c(Br)s1. The van der Waals surface area contributed by atoms with Crippen molar-refractivity contribution in [1.82, 2.24) is 9.62 Å². The lowest BCUT2D eigenvalue weighted by molar-refractivity contribution is -0.130. The van der Waals surface area contributed by atoms with Crippen molar-refractivity contribution in [1.29, 1.82) is 0 Å². The zero-order chi connectivity index (χ0) is 15.3. The molecule has 0 radical (unpaired) electrons. The molecular formula is C12H19BrN2O3S2. The molecule has 1 heterocycles. The van der Waals surface area contributed by atoms with Gasteiger partial charge in [0.1, 0.15) is 4.21 Å². The number of halogens is 1. The molecule has 0 fully saturated rings. The number of rotatable bonds is 7. The Bertz CT molecular complexity index is 546. The number of nitrogens with zero attached hydrogens (tertiary/aromatic N) is 1. The molecule has 1 amide bonds. The third-order valence-corrected chi connectivity index (χ3v) is 6.92. The quantitative estimate of drug-likeness (QED) is 0.786. The van der Waals surface area contributed by atoms with E-state index in [9.17, 15) is 13.2 Å². The minimum atomic E-state index is -3.53. The number of sulfonamides is 1. The highest BCUT2D eigenvalue weighted by molar-refractivity contribution is 9.11. The van der Waals surface area contributed by atoms with Crippen LogP contribution in [0.2, 0.25) is 0 Å². The summed E-state index contributed by atoms with van der Waals surface area (Å²) in [6, 6.07) is 1.61. The molecular weight excluding hydrogens is 364 g/mol. The summed E-state index contributed by atoms with van der Waals surface area (Å²) < 4.78 is 27.6. The van der Waals surface area contributed by atoms with Crippen LogP contribution in [0, 0.1) is 6.92 Å². The predicted octanol–water partition coefficient (Wildman–Crippen LogP) is 2.36. The highest BCUT2D eigenvalue weighted by atomic mass is 79.9. The van der Waals surface area contributed by atoms with Crippen molar-refractivity contribution < 1.29 is 13.2 Å². The molecule has 114 valence electrons. The number of carbonyl (C=O) groups is 1. The van der Waals surface area contributed by atoms with Crippen LogP contribution in [0.15, 0.2) is 14.1 Å². The van der Waals surface area contributed by atoms with Gasteiger partial charge in [0.25, 0.3) is 0 Å². The average molecular weight is 383 g/mol. The van der Waals surface area contributed by atoms with Gasteiger partial charge in [-0.1, -0.05) is 0 Å². The molecule has 8 heteroatoms. The summed E-state index contributed by atoms with van der Waals surface area (Å²) in [4.78, 5) is 13.5. The number of thiophene rings is 1. The van der Waals surface area contributed by atoms with E-state index in [0.29, 0.717) is 13.1 Å². The largest absolute Gasteiger partial charge is 0.343 e. The zero-order valence-corrected chi connectivity index (χ0v) is 15.0. The molecule has 5 nitrogen and oxygen atoms in total. The van der Waals surface area contributed by atoms with Crippen molar-refractivity contribution in [3.05, 3.63) is 15.4 Å². The second kappa shape index (κ2) is 7.53. The molecule has 20 heavy (non-hydrogen) atoms. The van der Waals surface area contributed by atoms with E-state index in [1.807, 2.05) is 20.8 Å². The van der Waals surface area contributed by atoms with Gasteiger partial charge in [-0.15, -0.1) is 11.3 Å². The number of carbonyl (C=O) groups excluding carboxylic acids is 1. The van der Waals surface area contributed by atoms with Gasteiger partial charge >= 0.3 is 0 Å². The zero-order valence-electron chi connectivity index (χ0n) is 11.8. The minimum Gasteiger partial charge on any atom is -0.343 e. The smallest absolute Gasteiger partial charge is 0.250 e. The summed E-state index contributed by atoms with van der Waals surface area (Å²) >= 11 is 4.47. The Kier molecular flexibility index (Phi) is 6.63. The van der Waals surface area contributed by atoms with Gasteiger partial charge < -0.3 is 4.90 Å². The van der Waals surface area contributed by atoms with Gasteiger partial charge in [-0.3, -0.25) is 4.79 Å². The molecule has 0 aromatic carbocycles. The van der Waals surface area contributed by atoms with Gasteiger partial charge in [0, 0.05) is 26.1 Å². The predicted molar refractivity (Wildman–Crippen MR) is 84.5 cm³/mol. The van der Waals surface area contributed by atoms with Crippen LogP contribution in [0.3, 0.4) is 0 Å². The third-order valence-electron chi connectivity index (χ3n) is 2.85. The fourth-order valence-electron chi connectivity index (χ4n) is 1.66. The first kappa shape index (κ1) is 17.6. The van der Waals surface area contributed by atoms with E-state index in [1.165, 1.54) is 11.3 Å². The van der Waals surface area contributed by atoms with Crippen LogP contribution in [0.1, 0.15) is 25.8 Å². The Morgan fingerprint density at radius 2 is 2.00 bits per heavy atom. The molecule has 0 saturated carbocycles. The molecule has 0 aliphatic rings. The molecule has 0 spiro atoms. The number of aryl methyl sites for hydroxylation is 1. The fraction of sp³-hybridized carbons (Fsp3) is 0.583. The fourth-order valence-corrected chi connectivity index (χ4v) is 4.96.